The number of benzene rings is 1. The summed E-state index contributed by atoms with van der Waals surface area (Å²) in [4.78, 5) is 20.3. The Morgan fingerprint density at radius 2 is 2.05 bits per heavy atom. The van der Waals surface area contributed by atoms with Gasteiger partial charge >= 0.3 is 5.97 Å². The van der Waals surface area contributed by atoms with Gasteiger partial charge in [-0.05, 0) is 24.6 Å². The third-order valence-corrected chi connectivity index (χ3v) is 5.10. The highest BCUT2D eigenvalue weighted by Crippen LogP contribution is 2.38. The van der Waals surface area contributed by atoms with Gasteiger partial charge in [0.25, 0.3) is 0 Å². The minimum Gasteiger partial charge on any atom is -0.480 e. The third-order valence-electron chi connectivity index (χ3n) is 3.13. The van der Waals surface area contributed by atoms with E-state index in [0.29, 0.717) is 5.03 Å². The second-order valence-corrected chi connectivity index (χ2v) is 6.80. The first-order valence-electron chi connectivity index (χ1n) is 6.44. The Bertz CT molecular complexity index is 833. The molecule has 0 aliphatic carbocycles. The third kappa shape index (κ3) is 2.82. The maximum atomic E-state index is 13.1. The van der Waals surface area contributed by atoms with Crippen LogP contribution in [0.25, 0.3) is 21.3 Å². The molecule has 2 heterocycles. The minimum atomic E-state index is -0.893. The lowest BCUT2D eigenvalue weighted by Crippen LogP contribution is -2.11. The summed E-state index contributed by atoms with van der Waals surface area (Å²) in [5.41, 5.74) is 1.74. The fourth-order valence-corrected chi connectivity index (χ4v) is 3.85. The van der Waals surface area contributed by atoms with Crippen LogP contribution in [0, 0.1) is 5.82 Å². The maximum absolute atomic E-state index is 13.1. The number of fused-ring (bicyclic) bond motifs is 1. The molecule has 1 N–H and O–H groups in total. The summed E-state index contributed by atoms with van der Waals surface area (Å²) in [6.07, 6.45) is 1.43. The van der Waals surface area contributed by atoms with Crippen molar-refractivity contribution in [2.24, 2.45) is 0 Å². The molecule has 3 rings (SSSR count). The number of carboxylic acids is 1. The number of hydrogen-bond acceptors (Lipinski definition) is 5. The van der Waals surface area contributed by atoms with Gasteiger partial charge in [0, 0.05) is 10.9 Å². The highest BCUT2D eigenvalue weighted by molar-refractivity contribution is 8.00. The standard InChI is InChI=1S/C15H11FN2O2S2/c1-8(15(19)20)22-14-12-11(6-21-13(12)17-7-18-14)9-2-4-10(16)5-3-9/h2-8H,1H3,(H,19,20)/t8-/m0/s1. The number of rotatable bonds is 4. The molecular formula is C15H11FN2O2S2. The quantitative estimate of drug-likeness (QED) is 0.576. The van der Waals surface area contributed by atoms with Gasteiger partial charge in [0.1, 0.15) is 27.3 Å². The van der Waals surface area contributed by atoms with E-state index < -0.39 is 11.2 Å². The molecule has 112 valence electrons. The summed E-state index contributed by atoms with van der Waals surface area (Å²) in [6, 6.07) is 6.18. The zero-order valence-corrected chi connectivity index (χ0v) is 13.1. The molecule has 0 amide bonds. The molecule has 0 saturated carbocycles. The van der Waals surface area contributed by atoms with E-state index in [1.807, 2.05) is 5.38 Å². The molecule has 1 aromatic carbocycles. The lowest BCUT2D eigenvalue weighted by molar-refractivity contribution is -0.136. The van der Waals surface area contributed by atoms with Gasteiger partial charge in [-0.3, -0.25) is 4.79 Å². The fourth-order valence-electron chi connectivity index (χ4n) is 2.00. The molecule has 0 saturated heterocycles. The van der Waals surface area contributed by atoms with E-state index >= 15 is 0 Å². The lowest BCUT2D eigenvalue weighted by Gasteiger charge is -2.08. The van der Waals surface area contributed by atoms with Crippen LogP contribution in [0.5, 0.6) is 0 Å². The van der Waals surface area contributed by atoms with E-state index in [-0.39, 0.29) is 5.82 Å². The Labute approximate surface area is 134 Å². The molecule has 4 nitrogen and oxygen atoms in total. The van der Waals surface area contributed by atoms with E-state index in [1.54, 1.807) is 19.1 Å². The second kappa shape index (κ2) is 6.02. The van der Waals surface area contributed by atoms with Crippen LogP contribution < -0.4 is 0 Å². The number of carbonyl (C=O) groups is 1. The van der Waals surface area contributed by atoms with E-state index in [0.717, 1.165) is 21.3 Å². The monoisotopic (exact) mass is 334 g/mol. The van der Waals surface area contributed by atoms with Gasteiger partial charge < -0.3 is 5.11 Å². The number of halogens is 1. The molecule has 7 heteroatoms. The number of nitrogens with zero attached hydrogens (tertiary/aromatic N) is 2. The molecule has 0 aliphatic heterocycles. The summed E-state index contributed by atoms with van der Waals surface area (Å²) in [5, 5.41) is 11.8. The van der Waals surface area contributed by atoms with Crippen molar-refractivity contribution >= 4 is 39.3 Å². The molecule has 22 heavy (non-hydrogen) atoms. The number of hydrogen-bond donors (Lipinski definition) is 1. The molecule has 0 bridgehead atoms. The Kier molecular flexibility index (Phi) is 4.08. The smallest absolute Gasteiger partial charge is 0.316 e. The predicted octanol–water partition coefficient (Wildman–Crippen LogP) is 4.06. The summed E-state index contributed by atoms with van der Waals surface area (Å²) in [5.74, 6) is -1.19. The SMILES string of the molecule is C[C@H](Sc1ncnc2scc(-c3ccc(F)cc3)c12)C(=O)O. The van der Waals surface area contributed by atoms with Crippen LogP contribution in [0.2, 0.25) is 0 Å². The minimum absolute atomic E-state index is 0.298. The Morgan fingerprint density at radius 3 is 2.73 bits per heavy atom. The molecule has 2 aromatic heterocycles. The zero-order chi connectivity index (χ0) is 15.7. The van der Waals surface area contributed by atoms with Gasteiger partial charge in [-0.2, -0.15) is 0 Å². The van der Waals surface area contributed by atoms with Crippen LogP contribution in [0.1, 0.15) is 6.92 Å². The molecule has 1 atom stereocenters. The summed E-state index contributed by atoms with van der Waals surface area (Å²) in [6.45, 7) is 1.62. The van der Waals surface area contributed by atoms with Crippen molar-refractivity contribution in [1.29, 1.82) is 0 Å². The Balaban J connectivity index is 2.12. The van der Waals surface area contributed by atoms with E-state index in [9.17, 15) is 9.18 Å². The van der Waals surface area contributed by atoms with E-state index in [2.05, 4.69) is 9.97 Å². The van der Waals surface area contributed by atoms with Crippen LogP contribution in [0.4, 0.5) is 4.39 Å². The van der Waals surface area contributed by atoms with Crippen molar-refractivity contribution in [2.75, 3.05) is 0 Å². The molecule has 3 aromatic rings. The lowest BCUT2D eigenvalue weighted by atomic mass is 10.1. The topological polar surface area (TPSA) is 63.1 Å². The van der Waals surface area contributed by atoms with Crippen molar-refractivity contribution in [3.8, 4) is 11.1 Å². The van der Waals surface area contributed by atoms with Crippen molar-refractivity contribution in [1.82, 2.24) is 9.97 Å². The Morgan fingerprint density at radius 1 is 1.32 bits per heavy atom. The zero-order valence-electron chi connectivity index (χ0n) is 11.5. The predicted molar refractivity (Wildman–Crippen MR) is 85.8 cm³/mol. The fraction of sp³-hybridized carbons (Fsp3) is 0.133. The first-order chi connectivity index (χ1) is 10.6. The first kappa shape index (κ1) is 14.9. The van der Waals surface area contributed by atoms with Gasteiger partial charge in [-0.1, -0.05) is 23.9 Å². The first-order valence-corrected chi connectivity index (χ1v) is 8.20. The van der Waals surface area contributed by atoms with Crippen LogP contribution >= 0.6 is 23.1 Å². The molecule has 0 spiro atoms. The number of aromatic nitrogens is 2. The molecule has 0 unspecified atom stereocenters. The van der Waals surface area contributed by atoms with Crippen LogP contribution in [-0.2, 0) is 4.79 Å². The van der Waals surface area contributed by atoms with Crippen molar-refractivity contribution in [3.63, 3.8) is 0 Å². The van der Waals surface area contributed by atoms with Crippen LogP contribution in [0.3, 0.4) is 0 Å². The van der Waals surface area contributed by atoms with Crippen molar-refractivity contribution < 1.29 is 14.3 Å². The molecule has 0 fully saturated rings. The molecule has 0 aliphatic rings. The van der Waals surface area contributed by atoms with E-state index in [1.165, 1.54) is 41.6 Å². The van der Waals surface area contributed by atoms with Crippen LogP contribution in [0.15, 0.2) is 41.0 Å². The summed E-state index contributed by atoms with van der Waals surface area (Å²) >= 11 is 2.64. The molecular weight excluding hydrogens is 323 g/mol. The van der Waals surface area contributed by atoms with Crippen LogP contribution in [-0.4, -0.2) is 26.3 Å². The number of aliphatic carboxylic acids is 1. The highest BCUT2D eigenvalue weighted by Gasteiger charge is 2.19. The van der Waals surface area contributed by atoms with Gasteiger partial charge in [0.05, 0.1) is 5.39 Å². The number of carboxylic acid groups (broad SMARTS) is 1. The highest BCUT2D eigenvalue weighted by atomic mass is 32.2. The van der Waals surface area contributed by atoms with Gasteiger partial charge in [-0.25, -0.2) is 14.4 Å². The van der Waals surface area contributed by atoms with E-state index in [4.69, 9.17) is 5.11 Å². The average Bonchev–Trinajstić information content (AvgIpc) is 2.93. The van der Waals surface area contributed by atoms with Gasteiger partial charge in [0.2, 0.25) is 0 Å². The summed E-state index contributed by atoms with van der Waals surface area (Å²) < 4.78 is 13.1. The Hall–Kier alpha value is -1.99. The largest absolute Gasteiger partial charge is 0.480 e. The number of thiophene rings is 1. The average molecular weight is 334 g/mol. The number of thioether (sulfide) groups is 1. The van der Waals surface area contributed by atoms with Crippen molar-refractivity contribution in [3.05, 3.63) is 41.8 Å². The van der Waals surface area contributed by atoms with Crippen molar-refractivity contribution in [2.45, 2.75) is 17.2 Å². The van der Waals surface area contributed by atoms with Gasteiger partial charge in [-0.15, -0.1) is 11.3 Å². The second-order valence-electron chi connectivity index (χ2n) is 4.61. The van der Waals surface area contributed by atoms with Gasteiger partial charge in [0.15, 0.2) is 0 Å². The normalized spacial score (nSPS) is 12.5. The summed E-state index contributed by atoms with van der Waals surface area (Å²) in [7, 11) is 0. The maximum Gasteiger partial charge on any atom is 0.316 e. The molecule has 0 radical (unpaired) electrons.